The number of aliphatic carboxylic acids is 1. The van der Waals surface area contributed by atoms with Gasteiger partial charge in [0.05, 0.1) is 14.2 Å². The lowest BCUT2D eigenvalue weighted by Gasteiger charge is -2.12. The number of carbonyl (C=O) groups is 2. The van der Waals surface area contributed by atoms with Crippen molar-refractivity contribution in [1.82, 2.24) is 0 Å². The van der Waals surface area contributed by atoms with Crippen molar-refractivity contribution in [1.29, 1.82) is 0 Å². The summed E-state index contributed by atoms with van der Waals surface area (Å²) in [5.74, 6) is -0.641. The second-order valence-corrected chi connectivity index (χ2v) is 3.51. The topological polar surface area (TPSA) is 82.1 Å². The maximum absolute atomic E-state index is 11.0. The molecule has 0 unspecified atom stereocenters. The van der Waals surface area contributed by atoms with Gasteiger partial charge in [0.1, 0.15) is 5.75 Å². The van der Waals surface area contributed by atoms with Gasteiger partial charge < -0.3 is 19.3 Å². The molecule has 102 valence electrons. The minimum Gasteiger partial charge on any atom is -0.493 e. The first-order chi connectivity index (χ1) is 8.97. The molecule has 0 fully saturated rings. The third kappa shape index (κ3) is 4.02. The number of ether oxygens (including phenoxy) is 3. The van der Waals surface area contributed by atoms with E-state index in [1.807, 2.05) is 0 Å². The quantitative estimate of drug-likeness (QED) is 0.496. The lowest BCUT2D eigenvalue weighted by atomic mass is 10.1. The Morgan fingerprint density at radius 2 is 1.68 bits per heavy atom. The van der Waals surface area contributed by atoms with Crippen LogP contribution >= 0.6 is 0 Å². The lowest BCUT2D eigenvalue weighted by Crippen LogP contribution is -2.04. The molecule has 0 bridgehead atoms. The van der Waals surface area contributed by atoms with Crippen molar-refractivity contribution < 1.29 is 28.9 Å². The third-order valence-electron chi connectivity index (χ3n) is 2.18. The fourth-order valence-corrected chi connectivity index (χ4v) is 1.41. The van der Waals surface area contributed by atoms with Crippen molar-refractivity contribution in [2.24, 2.45) is 0 Å². The van der Waals surface area contributed by atoms with E-state index in [0.717, 1.165) is 6.08 Å². The molecule has 0 heterocycles. The molecule has 1 aromatic carbocycles. The molecule has 0 aromatic heterocycles. The maximum atomic E-state index is 11.0. The summed E-state index contributed by atoms with van der Waals surface area (Å²) < 4.78 is 15.2. The Hall–Kier alpha value is -2.50. The van der Waals surface area contributed by atoms with E-state index >= 15 is 0 Å². The van der Waals surface area contributed by atoms with E-state index < -0.39 is 11.9 Å². The highest BCUT2D eigenvalue weighted by molar-refractivity contribution is 5.86. The zero-order valence-electron chi connectivity index (χ0n) is 10.8. The van der Waals surface area contributed by atoms with Gasteiger partial charge >= 0.3 is 11.9 Å². The molecule has 1 N–H and O–H groups in total. The molecule has 6 nitrogen and oxygen atoms in total. The number of benzene rings is 1. The van der Waals surface area contributed by atoms with Crippen LogP contribution in [0.2, 0.25) is 0 Å². The molecule has 0 aliphatic heterocycles. The van der Waals surface area contributed by atoms with Gasteiger partial charge in [-0.15, -0.1) is 0 Å². The maximum Gasteiger partial charge on any atom is 0.328 e. The van der Waals surface area contributed by atoms with E-state index in [0.29, 0.717) is 17.1 Å². The van der Waals surface area contributed by atoms with Gasteiger partial charge in [-0.25, -0.2) is 4.79 Å². The average Bonchev–Trinajstić information content (AvgIpc) is 2.35. The average molecular weight is 266 g/mol. The fourth-order valence-electron chi connectivity index (χ4n) is 1.41. The number of carboxylic acids is 1. The van der Waals surface area contributed by atoms with Gasteiger partial charge in [-0.1, -0.05) is 0 Å². The van der Waals surface area contributed by atoms with Gasteiger partial charge in [-0.05, 0) is 12.1 Å². The van der Waals surface area contributed by atoms with Crippen LogP contribution in [0.15, 0.2) is 18.2 Å². The van der Waals surface area contributed by atoms with Crippen molar-refractivity contribution >= 4 is 18.0 Å². The van der Waals surface area contributed by atoms with Gasteiger partial charge in [0.15, 0.2) is 11.5 Å². The summed E-state index contributed by atoms with van der Waals surface area (Å²) >= 11 is 0. The second-order valence-electron chi connectivity index (χ2n) is 3.51. The van der Waals surface area contributed by atoms with Gasteiger partial charge in [0.2, 0.25) is 0 Å². The first-order valence-corrected chi connectivity index (χ1v) is 5.33. The van der Waals surface area contributed by atoms with Crippen molar-refractivity contribution in [3.8, 4) is 17.2 Å². The lowest BCUT2D eigenvalue weighted by molar-refractivity contribution is -0.132. The smallest absolute Gasteiger partial charge is 0.328 e. The second kappa shape index (κ2) is 6.44. The van der Waals surface area contributed by atoms with Crippen LogP contribution in [0, 0.1) is 0 Å². The summed E-state index contributed by atoms with van der Waals surface area (Å²) in [6.07, 6.45) is 2.25. The Morgan fingerprint density at radius 3 is 2.16 bits per heavy atom. The standard InChI is InChI=1S/C13H14O6/c1-8(14)19-10-7-12(18-3)11(17-2)6-9(10)4-5-13(15)16/h4-7H,1-3H3,(H,15,16). The van der Waals surface area contributed by atoms with E-state index in [4.69, 9.17) is 19.3 Å². The van der Waals surface area contributed by atoms with Gasteiger partial charge in [0.25, 0.3) is 0 Å². The van der Waals surface area contributed by atoms with Crippen molar-refractivity contribution in [2.75, 3.05) is 14.2 Å². The number of esters is 1. The van der Waals surface area contributed by atoms with Crippen molar-refractivity contribution in [3.05, 3.63) is 23.8 Å². The highest BCUT2D eigenvalue weighted by Gasteiger charge is 2.12. The minimum atomic E-state index is -1.11. The van der Waals surface area contributed by atoms with Crippen LogP contribution in [-0.4, -0.2) is 31.3 Å². The molecule has 19 heavy (non-hydrogen) atoms. The molecule has 0 saturated carbocycles. The summed E-state index contributed by atoms with van der Waals surface area (Å²) in [4.78, 5) is 21.6. The van der Waals surface area contributed by atoms with Crippen LogP contribution in [0.25, 0.3) is 6.08 Å². The van der Waals surface area contributed by atoms with Crippen LogP contribution in [0.4, 0.5) is 0 Å². The molecule has 0 spiro atoms. The van der Waals surface area contributed by atoms with E-state index in [-0.39, 0.29) is 5.75 Å². The Labute approximate surface area is 110 Å². The van der Waals surface area contributed by atoms with Crippen molar-refractivity contribution in [3.63, 3.8) is 0 Å². The zero-order chi connectivity index (χ0) is 14.4. The third-order valence-corrected chi connectivity index (χ3v) is 2.18. The molecule has 0 aliphatic carbocycles. The Balaban J connectivity index is 3.30. The summed E-state index contributed by atoms with van der Waals surface area (Å²) in [5.41, 5.74) is 0.398. The number of methoxy groups -OCH3 is 2. The molecule has 0 aliphatic rings. The normalized spacial score (nSPS) is 10.3. The molecular weight excluding hydrogens is 252 g/mol. The minimum absolute atomic E-state index is 0.197. The fraction of sp³-hybridized carbons (Fsp3) is 0.231. The van der Waals surface area contributed by atoms with Gasteiger partial charge in [-0.2, -0.15) is 0 Å². The van der Waals surface area contributed by atoms with Crippen LogP contribution in [0.1, 0.15) is 12.5 Å². The summed E-state index contributed by atoms with van der Waals surface area (Å²) in [6, 6.07) is 2.98. The highest BCUT2D eigenvalue weighted by Crippen LogP contribution is 2.35. The molecule has 1 rings (SSSR count). The molecule has 0 radical (unpaired) electrons. The van der Waals surface area contributed by atoms with E-state index in [1.54, 1.807) is 0 Å². The largest absolute Gasteiger partial charge is 0.493 e. The molecule has 0 atom stereocenters. The van der Waals surface area contributed by atoms with Crippen molar-refractivity contribution in [2.45, 2.75) is 6.92 Å². The van der Waals surface area contributed by atoms with Gasteiger partial charge in [0, 0.05) is 24.6 Å². The van der Waals surface area contributed by atoms with E-state index in [1.165, 1.54) is 39.4 Å². The zero-order valence-corrected chi connectivity index (χ0v) is 10.8. The Kier molecular flexibility index (Phi) is 4.93. The number of carbonyl (C=O) groups excluding carboxylic acids is 1. The summed E-state index contributed by atoms with van der Waals surface area (Å²) in [6.45, 7) is 1.25. The number of rotatable bonds is 5. The van der Waals surface area contributed by atoms with E-state index in [9.17, 15) is 9.59 Å². The summed E-state index contributed by atoms with van der Waals surface area (Å²) in [5, 5.41) is 8.62. The van der Waals surface area contributed by atoms with Crippen LogP contribution in [-0.2, 0) is 9.59 Å². The number of hydrogen-bond donors (Lipinski definition) is 1. The molecular formula is C13H14O6. The van der Waals surface area contributed by atoms with Crippen LogP contribution in [0.3, 0.4) is 0 Å². The predicted molar refractivity (Wildman–Crippen MR) is 67.5 cm³/mol. The Bertz CT molecular complexity index is 518. The first-order valence-electron chi connectivity index (χ1n) is 5.33. The van der Waals surface area contributed by atoms with E-state index in [2.05, 4.69) is 0 Å². The molecule has 1 aromatic rings. The van der Waals surface area contributed by atoms with Crippen LogP contribution in [0.5, 0.6) is 17.2 Å². The predicted octanol–water partition coefficient (Wildman–Crippen LogP) is 1.73. The van der Waals surface area contributed by atoms with Gasteiger partial charge in [-0.3, -0.25) is 4.79 Å². The number of carboxylic acid groups (broad SMARTS) is 1. The SMILES string of the molecule is COc1cc(C=CC(=O)O)c(OC(C)=O)cc1OC. The Morgan fingerprint density at radius 1 is 1.11 bits per heavy atom. The highest BCUT2D eigenvalue weighted by atomic mass is 16.5. The molecule has 0 saturated heterocycles. The summed E-state index contributed by atoms with van der Waals surface area (Å²) in [7, 11) is 2.90. The molecule has 0 amide bonds. The first kappa shape index (κ1) is 14.6. The molecule has 6 heteroatoms. The van der Waals surface area contributed by atoms with Crippen LogP contribution < -0.4 is 14.2 Å². The monoisotopic (exact) mass is 266 g/mol. The number of hydrogen-bond acceptors (Lipinski definition) is 5.